The summed E-state index contributed by atoms with van der Waals surface area (Å²) < 4.78 is 0. The number of rotatable bonds is 7. The van der Waals surface area contributed by atoms with Crippen LogP contribution in [0.5, 0.6) is 0 Å². The molecule has 0 aromatic heterocycles. The Bertz CT molecular complexity index is 446. The standard InChI is InChI=1S/C15H23N3O2/c1-3-7-13(14(16)18-20)15(19)17-11(2)10-12-8-5-4-6-9-12/h4-6,8-9,11,13,20H,3,7,10H2,1-2H3,(H2,16,18)(H,17,19). The first-order valence-corrected chi connectivity index (χ1v) is 6.90. The molecule has 0 fully saturated rings. The summed E-state index contributed by atoms with van der Waals surface area (Å²) >= 11 is 0. The third-order valence-electron chi connectivity index (χ3n) is 3.14. The van der Waals surface area contributed by atoms with E-state index < -0.39 is 5.92 Å². The average molecular weight is 277 g/mol. The highest BCUT2D eigenvalue weighted by Gasteiger charge is 2.23. The molecule has 0 heterocycles. The van der Waals surface area contributed by atoms with Crippen molar-refractivity contribution in [3.63, 3.8) is 0 Å². The number of carbonyl (C=O) groups is 1. The van der Waals surface area contributed by atoms with Gasteiger partial charge in [0.2, 0.25) is 5.91 Å². The van der Waals surface area contributed by atoms with Gasteiger partial charge >= 0.3 is 0 Å². The van der Waals surface area contributed by atoms with Gasteiger partial charge in [0.25, 0.3) is 0 Å². The van der Waals surface area contributed by atoms with Gasteiger partial charge in [0.15, 0.2) is 5.84 Å². The van der Waals surface area contributed by atoms with E-state index in [0.717, 1.165) is 18.4 Å². The number of carbonyl (C=O) groups excluding carboxylic acids is 1. The highest BCUT2D eigenvalue weighted by molar-refractivity contribution is 6.02. The molecule has 1 amide bonds. The fourth-order valence-electron chi connectivity index (χ4n) is 2.13. The molecule has 0 bridgehead atoms. The van der Waals surface area contributed by atoms with Gasteiger partial charge in [-0.1, -0.05) is 48.8 Å². The van der Waals surface area contributed by atoms with E-state index in [4.69, 9.17) is 10.9 Å². The molecule has 2 unspecified atom stereocenters. The number of amides is 1. The largest absolute Gasteiger partial charge is 0.409 e. The Hall–Kier alpha value is -2.04. The Kier molecular flexibility index (Phi) is 6.56. The van der Waals surface area contributed by atoms with Crippen molar-refractivity contribution in [3.8, 4) is 0 Å². The Morgan fingerprint density at radius 1 is 1.40 bits per heavy atom. The summed E-state index contributed by atoms with van der Waals surface area (Å²) in [6, 6.07) is 9.95. The Labute approximate surface area is 119 Å². The SMILES string of the molecule is CCCC(C(=O)NC(C)Cc1ccccc1)C(N)=NO. The highest BCUT2D eigenvalue weighted by atomic mass is 16.4. The van der Waals surface area contributed by atoms with Gasteiger partial charge in [-0.05, 0) is 25.3 Å². The predicted molar refractivity (Wildman–Crippen MR) is 79.6 cm³/mol. The van der Waals surface area contributed by atoms with Gasteiger partial charge in [-0.2, -0.15) is 0 Å². The second-order valence-electron chi connectivity index (χ2n) is 4.97. The van der Waals surface area contributed by atoms with Crippen LogP contribution in [0.25, 0.3) is 0 Å². The second-order valence-corrected chi connectivity index (χ2v) is 4.97. The first-order valence-electron chi connectivity index (χ1n) is 6.90. The molecular weight excluding hydrogens is 254 g/mol. The van der Waals surface area contributed by atoms with Crippen molar-refractivity contribution in [2.24, 2.45) is 16.8 Å². The molecule has 1 rings (SSSR count). The predicted octanol–water partition coefficient (Wildman–Crippen LogP) is 1.90. The molecular formula is C15H23N3O2. The smallest absolute Gasteiger partial charge is 0.231 e. The third-order valence-corrected chi connectivity index (χ3v) is 3.14. The van der Waals surface area contributed by atoms with E-state index in [-0.39, 0.29) is 17.8 Å². The lowest BCUT2D eigenvalue weighted by atomic mass is 10.0. The normalized spacial score (nSPS) is 14.6. The van der Waals surface area contributed by atoms with Crippen LogP contribution in [0.2, 0.25) is 0 Å². The Morgan fingerprint density at radius 3 is 2.60 bits per heavy atom. The van der Waals surface area contributed by atoms with Gasteiger partial charge in [-0.25, -0.2) is 0 Å². The summed E-state index contributed by atoms with van der Waals surface area (Å²) in [7, 11) is 0. The molecule has 2 atom stereocenters. The molecule has 20 heavy (non-hydrogen) atoms. The summed E-state index contributed by atoms with van der Waals surface area (Å²) in [5.41, 5.74) is 6.73. The highest BCUT2D eigenvalue weighted by Crippen LogP contribution is 2.09. The van der Waals surface area contributed by atoms with Crippen LogP contribution in [0.4, 0.5) is 0 Å². The molecule has 0 aliphatic rings. The number of nitrogens with zero attached hydrogens (tertiary/aromatic N) is 1. The van der Waals surface area contributed by atoms with E-state index >= 15 is 0 Å². The summed E-state index contributed by atoms with van der Waals surface area (Å²) in [5.74, 6) is -0.787. The van der Waals surface area contributed by atoms with Crippen LogP contribution in [0.15, 0.2) is 35.5 Å². The zero-order chi connectivity index (χ0) is 15.0. The minimum Gasteiger partial charge on any atom is -0.409 e. The molecule has 0 spiro atoms. The number of benzene rings is 1. The summed E-state index contributed by atoms with van der Waals surface area (Å²) in [6.07, 6.45) is 2.11. The zero-order valence-corrected chi connectivity index (χ0v) is 12.0. The van der Waals surface area contributed by atoms with Crippen molar-refractivity contribution in [2.45, 2.75) is 39.2 Å². The zero-order valence-electron chi connectivity index (χ0n) is 12.0. The van der Waals surface area contributed by atoms with Gasteiger partial charge in [0.05, 0.1) is 5.92 Å². The number of hydrogen-bond donors (Lipinski definition) is 3. The maximum Gasteiger partial charge on any atom is 0.231 e. The molecule has 1 aromatic rings. The maximum atomic E-state index is 12.2. The summed E-state index contributed by atoms with van der Waals surface area (Å²) in [6.45, 7) is 3.90. The minimum absolute atomic E-state index is 0.00394. The average Bonchev–Trinajstić information content (AvgIpc) is 2.44. The van der Waals surface area contributed by atoms with Crippen LogP contribution in [0, 0.1) is 5.92 Å². The molecule has 5 nitrogen and oxygen atoms in total. The molecule has 0 saturated carbocycles. The van der Waals surface area contributed by atoms with E-state index in [1.807, 2.05) is 44.2 Å². The number of nitrogens with two attached hydrogens (primary N) is 1. The minimum atomic E-state index is -0.566. The van der Waals surface area contributed by atoms with Crippen LogP contribution in [0.3, 0.4) is 0 Å². The fourth-order valence-corrected chi connectivity index (χ4v) is 2.13. The molecule has 110 valence electrons. The van der Waals surface area contributed by atoms with Gasteiger partial charge in [0.1, 0.15) is 0 Å². The molecule has 0 aliphatic heterocycles. The van der Waals surface area contributed by atoms with Crippen molar-refractivity contribution < 1.29 is 10.0 Å². The van der Waals surface area contributed by atoms with Crippen LogP contribution in [-0.2, 0) is 11.2 Å². The first-order chi connectivity index (χ1) is 9.58. The Balaban J connectivity index is 2.59. The lowest BCUT2D eigenvalue weighted by Gasteiger charge is -2.19. The monoisotopic (exact) mass is 277 g/mol. The number of amidine groups is 1. The molecule has 0 saturated heterocycles. The van der Waals surface area contributed by atoms with Crippen LogP contribution >= 0.6 is 0 Å². The van der Waals surface area contributed by atoms with Crippen molar-refractivity contribution in [3.05, 3.63) is 35.9 Å². The molecule has 0 aliphatic carbocycles. The van der Waals surface area contributed by atoms with Crippen molar-refractivity contribution in [2.75, 3.05) is 0 Å². The van der Waals surface area contributed by atoms with E-state index in [2.05, 4.69) is 10.5 Å². The van der Waals surface area contributed by atoms with Crippen molar-refractivity contribution in [1.82, 2.24) is 5.32 Å². The molecule has 5 heteroatoms. The maximum absolute atomic E-state index is 12.2. The number of oxime groups is 1. The van der Waals surface area contributed by atoms with Crippen LogP contribution in [-0.4, -0.2) is 23.0 Å². The van der Waals surface area contributed by atoms with Gasteiger partial charge in [-0.15, -0.1) is 0 Å². The first kappa shape index (κ1) is 16.0. The quantitative estimate of drug-likeness (QED) is 0.308. The van der Waals surface area contributed by atoms with E-state index in [1.165, 1.54) is 0 Å². The van der Waals surface area contributed by atoms with Crippen LogP contribution in [0.1, 0.15) is 32.3 Å². The fraction of sp³-hybridized carbons (Fsp3) is 0.467. The third kappa shape index (κ3) is 4.91. The summed E-state index contributed by atoms with van der Waals surface area (Å²) in [5, 5.41) is 14.6. The topological polar surface area (TPSA) is 87.7 Å². The molecule has 1 aromatic carbocycles. The van der Waals surface area contributed by atoms with Gasteiger partial charge < -0.3 is 16.3 Å². The lowest BCUT2D eigenvalue weighted by Crippen LogP contribution is -2.43. The second kappa shape index (κ2) is 8.19. The summed E-state index contributed by atoms with van der Waals surface area (Å²) in [4.78, 5) is 12.2. The van der Waals surface area contributed by atoms with E-state index in [9.17, 15) is 4.79 Å². The van der Waals surface area contributed by atoms with Gasteiger partial charge in [-0.3, -0.25) is 4.79 Å². The number of nitrogens with one attached hydrogen (secondary N) is 1. The van der Waals surface area contributed by atoms with E-state index in [1.54, 1.807) is 0 Å². The molecule has 4 N–H and O–H groups in total. The Morgan fingerprint density at radius 2 is 2.05 bits per heavy atom. The van der Waals surface area contributed by atoms with Gasteiger partial charge in [0, 0.05) is 6.04 Å². The molecule has 0 radical (unpaired) electrons. The van der Waals surface area contributed by atoms with Crippen molar-refractivity contribution >= 4 is 11.7 Å². The van der Waals surface area contributed by atoms with Crippen LogP contribution < -0.4 is 11.1 Å². The van der Waals surface area contributed by atoms with E-state index in [0.29, 0.717) is 6.42 Å². The van der Waals surface area contributed by atoms with Crippen molar-refractivity contribution in [1.29, 1.82) is 0 Å². The number of hydrogen-bond acceptors (Lipinski definition) is 3. The lowest BCUT2D eigenvalue weighted by molar-refractivity contribution is -0.123.